The summed E-state index contributed by atoms with van der Waals surface area (Å²) >= 11 is 3.57. The zero-order valence-electron chi connectivity index (χ0n) is 8.22. The van der Waals surface area contributed by atoms with Gasteiger partial charge in [0.05, 0.1) is 0 Å². The van der Waals surface area contributed by atoms with E-state index in [1.54, 1.807) is 7.11 Å². The van der Waals surface area contributed by atoms with Crippen LogP contribution in [0.5, 0.6) is 0 Å². The van der Waals surface area contributed by atoms with Crippen LogP contribution in [0.3, 0.4) is 0 Å². The summed E-state index contributed by atoms with van der Waals surface area (Å²) < 4.78 is 6.80. The van der Waals surface area contributed by atoms with Gasteiger partial charge >= 0.3 is 0 Å². The molecule has 0 saturated carbocycles. The smallest absolute Gasteiger partial charge is 0.107 e. The molecule has 1 aliphatic heterocycles. The predicted molar refractivity (Wildman–Crippen MR) is 60.3 cm³/mol. The summed E-state index contributed by atoms with van der Waals surface area (Å²) in [5.74, 6) is 0. The summed E-state index contributed by atoms with van der Waals surface area (Å²) in [4.78, 5) is 0. The quantitative estimate of drug-likeness (QED) is 0.876. The number of nitrogens with one attached hydrogen (secondary N) is 1. The standard InChI is InChI=1S/C11H14BrNO/c1-14-11(6-7-13-8-11)9-4-2-3-5-10(9)12/h2-5,13H,6-8H2,1H3. The maximum Gasteiger partial charge on any atom is 0.107 e. The van der Waals surface area contributed by atoms with Gasteiger partial charge in [-0.3, -0.25) is 0 Å². The van der Waals surface area contributed by atoms with Gasteiger partial charge in [0.25, 0.3) is 0 Å². The van der Waals surface area contributed by atoms with E-state index in [4.69, 9.17) is 4.74 Å². The minimum Gasteiger partial charge on any atom is -0.372 e. The fourth-order valence-corrected chi connectivity index (χ4v) is 2.66. The molecule has 1 unspecified atom stereocenters. The SMILES string of the molecule is COC1(c2ccccc2Br)CCNC1. The molecule has 2 nitrogen and oxygen atoms in total. The third-order valence-electron chi connectivity index (χ3n) is 2.87. The second-order valence-corrected chi connectivity index (χ2v) is 4.46. The molecule has 0 amide bonds. The second-order valence-electron chi connectivity index (χ2n) is 3.61. The van der Waals surface area contributed by atoms with E-state index in [0.29, 0.717) is 0 Å². The molecule has 3 heteroatoms. The lowest BCUT2D eigenvalue weighted by Gasteiger charge is -2.28. The van der Waals surface area contributed by atoms with Gasteiger partial charge in [-0.15, -0.1) is 0 Å². The Balaban J connectivity index is 2.41. The average Bonchev–Trinajstić information content (AvgIpc) is 2.68. The maximum absolute atomic E-state index is 5.67. The van der Waals surface area contributed by atoms with Crippen LogP contribution in [0.2, 0.25) is 0 Å². The van der Waals surface area contributed by atoms with Gasteiger partial charge in [-0.2, -0.15) is 0 Å². The van der Waals surface area contributed by atoms with Gasteiger partial charge in [0, 0.05) is 18.1 Å². The van der Waals surface area contributed by atoms with Crippen molar-refractivity contribution in [1.82, 2.24) is 5.32 Å². The monoisotopic (exact) mass is 255 g/mol. The summed E-state index contributed by atoms with van der Waals surface area (Å²) in [5, 5.41) is 3.34. The number of benzene rings is 1. The van der Waals surface area contributed by atoms with Crippen molar-refractivity contribution in [1.29, 1.82) is 0 Å². The largest absolute Gasteiger partial charge is 0.372 e. The molecular weight excluding hydrogens is 242 g/mol. The predicted octanol–water partition coefficient (Wildman–Crippen LogP) is 2.28. The maximum atomic E-state index is 5.67. The minimum absolute atomic E-state index is 0.139. The molecular formula is C11H14BrNO. The van der Waals surface area contributed by atoms with Crippen molar-refractivity contribution in [2.45, 2.75) is 12.0 Å². The van der Waals surface area contributed by atoms with Gasteiger partial charge in [0.1, 0.15) is 5.60 Å². The van der Waals surface area contributed by atoms with E-state index in [-0.39, 0.29) is 5.60 Å². The van der Waals surface area contributed by atoms with E-state index in [0.717, 1.165) is 24.0 Å². The lowest BCUT2D eigenvalue weighted by atomic mass is 9.93. The normalized spacial score (nSPS) is 26.7. The van der Waals surface area contributed by atoms with Crippen LogP contribution in [-0.2, 0) is 10.3 Å². The van der Waals surface area contributed by atoms with Crippen LogP contribution < -0.4 is 5.32 Å². The van der Waals surface area contributed by atoms with Crippen molar-refractivity contribution in [3.63, 3.8) is 0 Å². The summed E-state index contributed by atoms with van der Waals surface area (Å²) in [5.41, 5.74) is 1.10. The van der Waals surface area contributed by atoms with Crippen LogP contribution in [0.4, 0.5) is 0 Å². The second kappa shape index (κ2) is 4.01. The molecule has 76 valence electrons. The van der Waals surface area contributed by atoms with Crippen molar-refractivity contribution in [3.8, 4) is 0 Å². The van der Waals surface area contributed by atoms with E-state index in [1.165, 1.54) is 5.56 Å². The lowest BCUT2D eigenvalue weighted by molar-refractivity contribution is 0.00265. The van der Waals surface area contributed by atoms with E-state index >= 15 is 0 Å². The molecule has 0 aliphatic carbocycles. The first-order chi connectivity index (χ1) is 6.78. The van der Waals surface area contributed by atoms with Crippen LogP contribution >= 0.6 is 15.9 Å². The van der Waals surface area contributed by atoms with E-state index in [9.17, 15) is 0 Å². The number of ether oxygens (including phenoxy) is 1. The van der Waals surface area contributed by atoms with Crippen LogP contribution in [0, 0.1) is 0 Å². The molecule has 1 fully saturated rings. The van der Waals surface area contributed by atoms with Gasteiger partial charge in [-0.25, -0.2) is 0 Å². The van der Waals surface area contributed by atoms with Crippen molar-refractivity contribution in [2.24, 2.45) is 0 Å². The fourth-order valence-electron chi connectivity index (χ4n) is 2.01. The third kappa shape index (κ3) is 1.60. The summed E-state index contributed by atoms with van der Waals surface area (Å²) in [6.07, 6.45) is 1.03. The highest BCUT2D eigenvalue weighted by molar-refractivity contribution is 9.10. The lowest BCUT2D eigenvalue weighted by Crippen LogP contribution is -2.31. The summed E-state index contributed by atoms with van der Waals surface area (Å²) in [7, 11) is 1.78. The Labute approximate surface area is 92.8 Å². The first-order valence-electron chi connectivity index (χ1n) is 4.79. The molecule has 1 aliphatic rings. The Morgan fingerprint density at radius 1 is 1.43 bits per heavy atom. The highest BCUT2D eigenvalue weighted by atomic mass is 79.9. The van der Waals surface area contributed by atoms with Crippen LogP contribution in [-0.4, -0.2) is 20.2 Å². The Morgan fingerprint density at radius 3 is 2.79 bits per heavy atom. The molecule has 2 rings (SSSR count). The van der Waals surface area contributed by atoms with Crippen molar-refractivity contribution in [3.05, 3.63) is 34.3 Å². The minimum atomic E-state index is -0.139. The highest BCUT2D eigenvalue weighted by Gasteiger charge is 2.36. The number of hydrogen-bond acceptors (Lipinski definition) is 2. The first kappa shape index (κ1) is 10.1. The van der Waals surface area contributed by atoms with Gasteiger partial charge in [-0.05, 0) is 24.6 Å². The number of methoxy groups -OCH3 is 1. The molecule has 1 aromatic carbocycles. The Morgan fingerprint density at radius 2 is 2.21 bits per heavy atom. The van der Waals surface area contributed by atoms with Crippen LogP contribution in [0.15, 0.2) is 28.7 Å². The number of rotatable bonds is 2. The Bertz CT molecular complexity index is 321. The topological polar surface area (TPSA) is 21.3 Å². The highest BCUT2D eigenvalue weighted by Crippen LogP contribution is 2.35. The average molecular weight is 256 g/mol. The van der Waals surface area contributed by atoms with Crippen molar-refractivity contribution in [2.75, 3.05) is 20.2 Å². The summed E-state index contributed by atoms with van der Waals surface area (Å²) in [6, 6.07) is 8.27. The molecule has 1 heterocycles. The van der Waals surface area contributed by atoms with Crippen LogP contribution in [0.25, 0.3) is 0 Å². The third-order valence-corrected chi connectivity index (χ3v) is 3.56. The zero-order valence-corrected chi connectivity index (χ0v) is 9.80. The molecule has 1 N–H and O–H groups in total. The molecule has 0 spiro atoms. The molecule has 0 aromatic heterocycles. The van der Waals surface area contributed by atoms with E-state index in [2.05, 4.69) is 39.4 Å². The van der Waals surface area contributed by atoms with Crippen molar-refractivity contribution < 1.29 is 4.74 Å². The Hall–Kier alpha value is -0.380. The number of halogens is 1. The summed E-state index contributed by atoms with van der Waals surface area (Å²) in [6.45, 7) is 1.92. The van der Waals surface area contributed by atoms with E-state index in [1.807, 2.05) is 6.07 Å². The van der Waals surface area contributed by atoms with Crippen LogP contribution in [0.1, 0.15) is 12.0 Å². The zero-order chi connectivity index (χ0) is 10.0. The molecule has 1 aromatic rings. The molecule has 1 atom stereocenters. The number of hydrogen-bond donors (Lipinski definition) is 1. The fraction of sp³-hybridized carbons (Fsp3) is 0.455. The van der Waals surface area contributed by atoms with E-state index < -0.39 is 0 Å². The van der Waals surface area contributed by atoms with Gasteiger partial charge in [0.2, 0.25) is 0 Å². The molecule has 0 radical (unpaired) electrons. The molecule has 1 saturated heterocycles. The van der Waals surface area contributed by atoms with Gasteiger partial charge in [0.15, 0.2) is 0 Å². The Kier molecular flexibility index (Phi) is 2.91. The molecule has 0 bridgehead atoms. The van der Waals surface area contributed by atoms with Gasteiger partial charge in [-0.1, -0.05) is 34.1 Å². The van der Waals surface area contributed by atoms with Crippen molar-refractivity contribution >= 4 is 15.9 Å². The first-order valence-corrected chi connectivity index (χ1v) is 5.59. The van der Waals surface area contributed by atoms with Gasteiger partial charge < -0.3 is 10.1 Å². The molecule has 14 heavy (non-hydrogen) atoms.